The van der Waals surface area contributed by atoms with Gasteiger partial charge in [0.2, 0.25) is 0 Å². The number of sulfone groups is 1. The molecule has 1 atom stereocenters. The first kappa shape index (κ1) is 12.9. The van der Waals surface area contributed by atoms with Gasteiger partial charge in [-0.05, 0) is 19.3 Å². The van der Waals surface area contributed by atoms with Gasteiger partial charge in [-0.2, -0.15) is 5.10 Å². The van der Waals surface area contributed by atoms with Gasteiger partial charge in [0.15, 0.2) is 20.6 Å². The minimum absolute atomic E-state index is 0.205. The minimum atomic E-state index is -2.80. The molecule has 3 heterocycles. The third-order valence-electron chi connectivity index (χ3n) is 3.41. The lowest BCUT2D eigenvalue weighted by Crippen LogP contribution is -2.15. The zero-order valence-corrected chi connectivity index (χ0v) is 12.5. The summed E-state index contributed by atoms with van der Waals surface area (Å²) in [5, 5.41) is 8.40. The van der Waals surface area contributed by atoms with E-state index in [4.69, 9.17) is 0 Å². The van der Waals surface area contributed by atoms with E-state index in [9.17, 15) is 8.42 Å². The smallest absolute Gasteiger partial charge is 0.185 e. The number of thiazole rings is 1. The third kappa shape index (κ3) is 2.46. The van der Waals surface area contributed by atoms with E-state index in [2.05, 4.69) is 15.4 Å². The van der Waals surface area contributed by atoms with Crippen molar-refractivity contribution in [1.82, 2.24) is 14.8 Å². The highest BCUT2D eigenvalue weighted by molar-refractivity contribution is 7.91. The lowest BCUT2D eigenvalue weighted by molar-refractivity contribution is 0.596. The number of aromatic nitrogens is 3. The van der Waals surface area contributed by atoms with Crippen LogP contribution in [-0.4, -0.2) is 41.2 Å². The van der Waals surface area contributed by atoms with Crippen LogP contribution in [0, 0.1) is 12.8 Å². The van der Waals surface area contributed by atoms with Crippen molar-refractivity contribution in [1.29, 1.82) is 0 Å². The van der Waals surface area contributed by atoms with Gasteiger partial charge in [0.1, 0.15) is 0 Å². The van der Waals surface area contributed by atoms with Crippen LogP contribution in [0.25, 0.3) is 10.3 Å². The molecule has 0 radical (unpaired) electrons. The lowest BCUT2D eigenvalue weighted by atomic mass is 10.1. The van der Waals surface area contributed by atoms with Crippen molar-refractivity contribution in [2.75, 3.05) is 23.4 Å². The Hall–Kier alpha value is -1.15. The van der Waals surface area contributed by atoms with E-state index in [0.717, 1.165) is 27.6 Å². The zero-order chi connectivity index (χ0) is 13.6. The third-order valence-corrected chi connectivity index (χ3v) is 6.36. The fourth-order valence-corrected chi connectivity index (χ4v) is 5.23. The average molecular weight is 300 g/mol. The molecule has 0 aromatic carbocycles. The molecule has 3 rings (SSSR count). The van der Waals surface area contributed by atoms with E-state index in [-0.39, 0.29) is 5.92 Å². The second kappa shape index (κ2) is 4.45. The maximum atomic E-state index is 11.4. The number of hydrogen-bond acceptors (Lipinski definition) is 6. The van der Waals surface area contributed by atoms with Gasteiger partial charge in [0, 0.05) is 13.6 Å². The summed E-state index contributed by atoms with van der Waals surface area (Å²) in [6.07, 6.45) is 0.751. The summed E-state index contributed by atoms with van der Waals surface area (Å²) >= 11 is 1.57. The Balaban J connectivity index is 1.71. The van der Waals surface area contributed by atoms with Crippen molar-refractivity contribution >= 4 is 36.7 Å². The van der Waals surface area contributed by atoms with Crippen molar-refractivity contribution < 1.29 is 8.42 Å². The summed E-state index contributed by atoms with van der Waals surface area (Å²) in [4.78, 5) is 4.49. The van der Waals surface area contributed by atoms with Crippen molar-refractivity contribution in [3.8, 4) is 0 Å². The number of anilines is 1. The topological polar surface area (TPSA) is 76.9 Å². The molecule has 0 unspecified atom stereocenters. The average Bonchev–Trinajstić information content (AvgIpc) is 2.95. The Morgan fingerprint density at radius 3 is 2.95 bits per heavy atom. The molecule has 19 heavy (non-hydrogen) atoms. The van der Waals surface area contributed by atoms with Crippen LogP contribution in [0.15, 0.2) is 0 Å². The van der Waals surface area contributed by atoms with Crippen LogP contribution >= 0.6 is 11.3 Å². The molecule has 0 amide bonds. The van der Waals surface area contributed by atoms with E-state index in [1.165, 1.54) is 0 Å². The Labute approximate surface area is 115 Å². The van der Waals surface area contributed by atoms with E-state index in [0.29, 0.717) is 18.1 Å². The maximum absolute atomic E-state index is 11.4. The minimum Gasteiger partial charge on any atom is -0.361 e. The summed E-state index contributed by atoms with van der Waals surface area (Å²) in [5.41, 5.74) is 1.86. The molecule has 0 bridgehead atoms. The molecule has 0 saturated carbocycles. The van der Waals surface area contributed by atoms with Crippen LogP contribution in [0.4, 0.5) is 5.13 Å². The second-order valence-corrected chi connectivity index (χ2v) is 8.26. The maximum Gasteiger partial charge on any atom is 0.185 e. The molecule has 2 aromatic rings. The SMILES string of the molecule is Cc1nn(C)c2nc(NC[C@H]3CCS(=O)(=O)C3)sc12. The van der Waals surface area contributed by atoms with Crippen molar-refractivity contribution in [3.63, 3.8) is 0 Å². The standard InChI is InChI=1S/C11H16N4O2S2/c1-7-9-10(15(2)14-7)13-11(18-9)12-5-8-3-4-19(16,17)6-8/h8H,3-6H2,1-2H3,(H,12,13)/t8-/m1/s1. The highest BCUT2D eigenvalue weighted by Crippen LogP contribution is 2.28. The first-order valence-corrected chi connectivity index (χ1v) is 8.83. The van der Waals surface area contributed by atoms with Gasteiger partial charge in [-0.1, -0.05) is 11.3 Å². The van der Waals surface area contributed by atoms with Crippen LogP contribution in [0.5, 0.6) is 0 Å². The van der Waals surface area contributed by atoms with Crippen LogP contribution in [0.1, 0.15) is 12.1 Å². The number of nitrogens with one attached hydrogen (secondary N) is 1. The Kier molecular flexibility index (Phi) is 3.01. The molecule has 1 N–H and O–H groups in total. The molecule has 2 aromatic heterocycles. The second-order valence-electron chi connectivity index (χ2n) is 5.03. The quantitative estimate of drug-likeness (QED) is 0.921. The van der Waals surface area contributed by atoms with E-state index in [1.54, 1.807) is 16.0 Å². The normalized spacial score (nSPS) is 22.1. The summed E-state index contributed by atoms with van der Waals surface area (Å²) in [6.45, 7) is 2.64. The fourth-order valence-electron chi connectivity index (χ4n) is 2.43. The van der Waals surface area contributed by atoms with Gasteiger partial charge >= 0.3 is 0 Å². The molecule has 8 heteroatoms. The van der Waals surface area contributed by atoms with Gasteiger partial charge in [-0.25, -0.2) is 18.1 Å². The predicted octanol–water partition coefficient (Wildman–Crippen LogP) is 1.18. The number of hydrogen-bond donors (Lipinski definition) is 1. The highest BCUT2D eigenvalue weighted by Gasteiger charge is 2.27. The Bertz CT molecular complexity index is 682. The zero-order valence-electron chi connectivity index (χ0n) is 10.9. The molecule has 6 nitrogen and oxygen atoms in total. The summed E-state index contributed by atoms with van der Waals surface area (Å²) in [6, 6.07) is 0. The lowest BCUT2D eigenvalue weighted by Gasteiger charge is -2.07. The first-order valence-electron chi connectivity index (χ1n) is 6.19. The van der Waals surface area contributed by atoms with Crippen LogP contribution < -0.4 is 5.32 Å². The number of nitrogens with zero attached hydrogens (tertiary/aromatic N) is 3. The first-order chi connectivity index (χ1) is 8.94. The van der Waals surface area contributed by atoms with Gasteiger partial charge in [-0.15, -0.1) is 0 Å². The fraction of sp³-hybridized carbons (Fsp3) is 0.636. The van der Waals surface area contributed by atoms with Crippen LogP contribution in [-0.2, 0) is 16.9 Å². The largest absolute Gasteiger partial charge is 0.361 e. The van der Waals surface area contributed by atoms with Crippen LogP contribution in [0.2, 0.25) is 0 Å². The van der Waals surface area contributed by atoms with Crippen molar-refractivity contribution in [2.45, 2.75) is 13.3 Å². The molecule has 1 aliphatic heterocycles. The summed E-state index contributed by atoms with van der Waals surface area (Å²) in [7, 11) is -0.921. The molecular formula is C11H16N4O2S2. The molecule has 1 saturated heterocycles. The van der Waals surface area contributed by atoms with Gasteiger partial charge in [-0.3, -0.25) is 0 Å². The monoisotopic (exact) mass is 300 g/mol. The Morgan fingerprint density at radius 1 is 1.53 bits per heavy atom. The summed E-state index contributed by atoms with van der Waals surface area (Å²) in [5.74, 6) is 0.824. The number of aryl methyl sites for hydroxylation is 2. The van der Waals surface area contributed by atoms with Gasteiger partial charge < -0.3 is 5.32 Å². The molecule has 1 fully saturated rings. The Morgan fingerprint density at radius 2 is 2.32 bits per heavy atom. The molecule has 104 valence electrons. The van der Waals surface area contributed by atoms with Gasteiger partial charge in [0.05, 0.1) is 21.9 Å². The predicted molar refractivity (Wildman–Crippen MR) is 76.4 cm³/mol. The van der Waals surface area contributed by atoms with E-state index < -0.39 is 9.84 Å². The number of rotatable bonds is 3. The van der Waals surface area contributed by atoms with Crippen molar-refractivity contribution in [3.05, 3.63) is 5.69 Å². The molecule has 1 aliphatic rings. The van der Waals surface area contributed by atoms with Crippen molar-refractivity contribution in [2.24, 2.45) is 13.0 Å². The molecular weight excluding hydrogens is 284 g/mol. The van der Waals surface area contributed by atoms with Crippen LogP contribution in [0.3, 0.4) is 0 Å². The van der Waals surface area contributed by atoms with Gasteiger partial charge in [0.25, 0.3) is 0 Å². The summed E-state index contributed by atoms with van der Waals surface area (Å²) < 4.78 is 25.6. The molecule has 0 spiro atoms. The molecule has 0 aliphatic carbocycles. The number of fused-ring (bicyclic) bond motifs is 1. The van der Waals surface area contributed by atoms with E-state index >= 15 is 0 Å². The highest BCUT2D eigenvalue weighted by atomic mass is 32.2. The van der Waals surface area contributed by atoms with E-state index in [1.807, 2.05) is 14.0 Å².